The lowest BCUT2D eigenvalue weighted by Crippen LogP contribution is -2.47. The molecule has 1 saturated carbocycles. The van der Waals surface area contributed by atoms with Gasteiger partial charge in [-0.15, -0.1) is 0 Å². The lowest BCUT2D eigenvalue weighted by Gasteiger charge is -2.34. The smallest absolute Gasteiger partial charge is 0.108 e. The molecule has 1 heterocycles. The van der Waals surface area contributed by atoms with Crippen molar-refractivity contribution in [3.63, 3.8) is 0 Å². The molecular weight excluding hydrogens is 236 g/mol. The third kappa shape index (κ3) is 3.28. The van der Waals surface area contributed by atoms with Crippen LogP contribution in [0.2, 0.25) is 0 Å². The van der Waals surface area contributed by atoms with Crippen LogP contribution in [0.1, 0.15) is 39.5 Å². The van der Waals surface area contributed by atoms with Crippen LogP contribution in [0.25, 0.3) is 0 Å². The molecule has 0 amide bonds. The van der Waals surface area contributed by atoms with Crippen molar-refractivity contribution in [3.8, 4) is 6.07 Å². The van der Waals surface area contributed by atoms with Crippen molar-refractivity contribution >= 4 is 0 Å². The largest absolute Gasteiger partial charge is 0.305 e. The number of hydrogen-bond donors (Lipinski definition) is 1. The van der Waals surface area contributed by atoms with Crippen LogP contribution in [0.15, 0.2) is 0 Å². The monoisotopic (exact) mass is 264 g/mol. The van der Waals surface area contributed by atoms with Crippen LogP contribution in [0, 0.1) is 11.3 Å². The SMILES string of the molecule is CCNC1(C#N)CCC(N2CCCN(C)CC2C)C1. The molecule has 4 nitrogen and oxygen atoms in total. The Kier molecular flexibility index (Phi) is 4.83. The van der Waals surface area contributed by atoms with Crippen molar-refractivity contribution in [2.24, 2.45) is 0 Å². The molecule has 4 heteroatoms. The third-order valence-corrected chi connectivity index (χ3v) is 4.78. The highest BCUT2D eigenvalue weighted by Crippen LogP contribution is 2.34. The number of likely N-dealkylation sites (N-methyl/N-ethyl adjacent to an activating group) is 1. The summed E-state index contributed by atoms with van der Waals surface area (Å²) in [5, 5.41) is 12.9. The van der Waals surface area contributed by atoms with Crippen LogP contribution in [0.5, 0.6) is 0 Å². The van der Waals surface area contributed by atoms with E-state index in [1.807, 2.05) is 0 Å². The molecule has 1 aliphatic carbocycles. The van der Waals surface area contributed by atoms with Gasteiger partial charge in [0, 0.05) is 18.6 Å². The van der Waals surface area contributed by atoms with E-state index in [1.54, 1.807) is 0 Å². The first kappa shape index (κ1) is 14.8. The van der Waals surface area contributed by atoms with Crippen LogP contribution in [-0.4, -0.2) is 60.6 Å². The van der Waals surface area contributed by atoms with Gasteiger partial charge in [0.25, 0.3) is 0 Å². The number of rotatable bonds is 3. The van der Waals surface area contributed by atoms with Crippen LogP contribution < -0.4 is 5.32 Å². The van der Waals surface area contributed by atoms with E-state index in [4.69, 9.17) is 0 Å². The lowest BCUT2D eigenvalue weighted by atomic mass is 9.99. The van der Waals surface area contributed by atoms with Crippen LogP contribution in [0.4, 0.5) is 0 Å². The van der Waals surface area contributed by atoms with E-state index in [0.29, 0.717) is 12.1 Å². The first-order chi connectivity index (χ1) is 9.10. The molecule has 0 aromatic carbocycles. The molecule has 1 N–H and O–H groups in total. The van der Waals surface area contributed by atoms with Crippen molar-refractivity contribution in [2.45, 2.75) is 57.2 Å². The van der Waals surface area contributed by atoms with E-state index in [0.717, 1.165) is 32.4 Å². The molecule has 0 spiro atoms. The summed E-state index contributed by atoms with van der Waals surface area (Å²) >= 11 is 0. The minimum atomic E-state index is -0.267. The molecule has 2 rings (SSSR count). The van der Waals surface area contributed by atoms with Crippen LogP contribution in [0.3, 0.4) is 0 Å². The fourth-order valence-corrected chi connectivity index (χ4v) is 3.88. The summed E-state index contributed by atoms with van der Waals surface area (Å²) in [6, 6.07) is 3.73. The van der Waals surface area contributed by atoms with Crippen molar-refractivity contribution in [1.82, 2.24) is 15.1 Å². The predicted molar refractivity (Wildman–Crippen MR) is 77.9 cm³/mol. The molecule has 0 bridgehead atoms. The van der Waals surface area contributed by atoms with Gasteiger partial charge in [-0.2, -0.15) is 5.26 Å². The van der Waals surface area contributed by atoms with Gasteiger partial charge in [0.15, 0.2) is 0 Å². The minimum Gasteiger partial charge on any atom is -0.305 e. The lowest BCUT2D eigenvalue weighted by molar-refractivity contribution is 0.140. The zero-order valence-corrected chi connectivity index (χ0v) is 12.7. The molecule has 19 heavy (non-hydrogen) atoms. The second kappa shape index (κ2) is 6.21. The first-order valence-corrected chi connectivity index (χ1v) is 7.71. The van der Waals surface area contributed by atoms with Crippen molar-refractivity contribution in [2.75, 3.05) is 33.2 Å². The fourth-order valence-electron chi connectivity index (χ4n) is 3.88. The maximum Gasteiger partial charge on any atom is 0.108 e. The molecule has 2 aliphatic rings. The van der Waals surface area contributed by atoms with Gasteiger partial charge >= 0.3 is 0 Å². The number of nitriles is 1. The average Bonchev–Trinajstić information content (AvgIpc) is 2.71. The van der Waals surface area contributed by atoms with Crippen molar-refractivity contribution in [3.05, 3.63) is 0 Å². The molecule has 1 aliphatic heterocycles. The van der Waals surface area contributed by atoms with Gasteiger partial charge in [0.05, 0.1) is 6.07 Å². The van der Waals surface area contributed by atoms with Gasteiger partial charge in [-0.05, 0) is 59.3 Å². The van der Waals surface area contributed by atoms with Gasteiger partial charge < -0.3 is 4.90 Å². The van der Waals surface area contributed by atoms with Crippen LogP contribution in [-0.2, 0) is 0 Å². The van der Waals surface area contributed by atoms with E-state index in [9.17, 15) is 5.26 Å². The quantitative estimate of drug-likeness (QED) is 0.837. The summed E-state index contributed by atoms with van der Waals surface area (Å²) in [5.74, 6) is 0. The molecular formula is C15H28N4. The van der Waals surface area contributed by atoms with Crippen LogP contribution >= 0.6 is 0 Å². The Labute approximate surface area is 117 Å². The first-order valence-electron chi connectivity index (χ1n) is 7.71. The molecule has 3 atom stereocenters. The zero-order chi connectivity index (χ0) is 13.9. The van der Waals surface area contributed by atoms with Gasteiger partial charge in [-0.25, -0.2) is 0 Å². The molecule has 0 radical (unpaired) electrons. The number of hydrogen-bond acceptors (Lipinski definition) is 4. The second-order valence-electron chi connectivity index (χ2n) is 6.32. The van der Waals surface area contributed by atoms with E-state index in [-0.39, 0.29) is 5.54 Å². The summed E-state index contributed by atoms with van der Waals surface area (Å²) in [6.45, 7) is 8.85. The minimum absolute atomic E-state index is 0.267. The maximum absolute atomic E-state index is 9.49. The standard InChI is InChI=1S/C15H28N4/c1-4-17-15(12-16)7-6-14(10-15)19-9-5-8-18(3)11-13(19)2/h13-14,17H,4-11H2,1-3H3. The summed E-state index contributed by atoms with van der Waals surface area (Å²) < 4.78 is 0. The third-order valence-electron chi connectivity index (χ3n) is 4.78. The van der Waals surface area contributed by atoms with Crippen molar-refractivity contribution in [1.29, 1.82) is 5.26 Å². The molecule has 0 aromatic rings. The Morgan fingerprint density at radius 1 is 1.42 bits per heavy atom. The molecule has 1 saturated heterocycles. The maximum atomic E-state index is 9.49. The molecule has 2 fully saturated rings. The fraction of sp³-hybridized carbons (Fsp3) is 0.933. The number of nitrogens with zero attached hydrogens (tertiary/aromatic N) is 3. The molecule has 0 aromatic heterocycles. The van der Waals surface area contributed by atoms with Gasteiger partial charge in [0.1, 0.15) is 5.54 Å². The van der Waals surface area contributed by atoms with E-state index in [2.05, 4.69) is 42.1 Å². The van der Waals surface area contributed by atoms with Gasteiger partial charge in [0.2, 0.25) is 0 Å². The van der Waals surface area contributed by atoms with Crippen molar-refractivity contribution < 1.29 is 0 Å². The molecule has 3 unspecified atom stereocenters. The Bertz CT molecular complexity index is 338. The highest BCUT2D eigenvalue weighted by Gasteiger charge is 2.42. The van der Waals surface area contributed by atoms with Gasteiger partial charge in [-0.1, -0.05) is 6.92 Å². The zero-order valence-electron chi connectivity index (χ0n) is 12.7. The normalized spacial score (nSPS) is 38.0. The Hall–Kier alpha value is -0.630. The predicted octanol–water partition coefficient (Wildman–Crippen LogP) is 1.44. The summed E-state index contributed by atoms with van der Waals surface area (Å²) in [7, 11) is 2.22. The van der Waals surface area contributed by atoms with E-state index in [1.165, 1.54) is 19.5 Å². The Morgan fingerprint density at radius 3 is 2.89 bits per heavy atom. The van der Waals surface area contributed by atoms with E-state index >= 15 is 0 Å². The average molecular weight is 264 g/mol. The van der Waals surface area contributed by atoms with E-state index < -0.39 is 0 Å². The highest BCUT2D eigenvalue weighted by molar-refractivity contribution is 5.13. The summed E-state index contributed by atoms with van der Waals surface area (Å²) in [4.78, 5) is 5.08. The number of nitrogens with one attached hydrogen (secondary N) is 1. The highest BCUT2D eigenvalue weighted by atomic mass is 15.3. The molecule has 108 valence electrons. The summed E-state index contributed by atoms with van der Waals surface area (Å²) in [6.07, 6.45) is 4.40. The van der Waals surface area contributed by atoms with Gasteiger partial charge in [-0.3, -0.25) is 10.2 Å². The Morgan fingerprint density at radius 2 is 2.21 bits per heavy atom. The topological polar surface area (TPSA) is 42.3 Å². The Balaban J connectivity index is 2.01. The summed E-state index contributed by atoms with van der Waals surface area (Å²) in [5.41, 5.74) is -0.267. The second-order valence-corrected chi connectivity index (χ2v) is 6.32.